The summed E-state index contributed by atoms with van der Waals surface area (Å²) in [6.45, 7) is 4.64. The van der Waals surface area contributed by atoms with Crippen molar-refractivity contribution >= 4 is 17.5 Å². The molecule has 20 heavy (non-hydrogen) atoms. The van der Waals surface area contributed by atoms with Crippen molar-refractivity contribution in [3.05, 3.63) is 28.8 Å². The van der Waals surface area contributed by atoms with Crippen LogP contribution in [0.15, 0.2) is 18.2 Å². The summed E-state index contributed by atoms with van der Waals surface area (Å²) < 4.78 is 11.0. The molecule has 1 heterocycles. The predicted octanol–water partition coefficient (Wildman–Crippen LogP) is 2.71. The van der Waals surface area contributed by atoms with Gasteiger partial charge >= 0.3 is 0 Å². The van der Waals surface area contributed by atoms with Crippen molar-refractivity contribution in [2.45, 2.75) is 38.8 Å². The van der Waals surface area contributed by atoms with Gasteiger partial charge in [-0.15, -0.1) is 0 Å². The normalized spacial score (nSPS) is 19.6. The SMILES string of the molecule is Cc1cc(Cl)ccc1OCC(=O)N[C@H](C)[C@@H]1CCCO1. The van der Waals surface area contributed by atoms with Gasteiger partial charge in [-0.2, -0.15) is 0 Å². The molecule has 5 heteroatoms. The molecule has 0 unspecified atom stereocenters. The predicted molar refractivity (Wildman–Crippen MR) is 78.3 cm³/mol. The molecule has 1 amide bonds. The molecule has 110 valence electrons. The van der Waals surface area contributed by atoms with Crippen LogP contribution in [0.3, 0.4) is 0 Å². The van der Waals surface area contributed by atoms with Crippen LogP contribution in [-0.4, -0.2) is 31.3 Å². The third-order valence-corrected chi connectivity index (χ3v) is 3.64. The smallest absolute Gasteiger partial charge is 0.258 e. The van der Waals surface area contributed by atoms with E-state index in [1.165, 1.54) is 0 Å². The Balaban J connectivity index is 1.79. The van der Waals surface area contributed by atoms with Crippen molar-refractivity contribution < 1.29 is 14.3 Å². The fourth-order valence-electron chi connectivity index (χ4n) is 2.30. The molecule has 0 spiro atoms. The number of ether oxygens (including phenoxy) is 2. The fraction of sp³-hybridized carbons (Fsp3) is 0.533. The second-order valence-electron chi connectivity index (χ2n) is 5.11. The van der Waals surface area contributed by atoms with E-state index >= 15 is 0 Å². The summed E-state index contributed by atoms with van der Waals surface area (Å²) >= 11 is 5.87. The van der Waals surface area contributed by atoms with Gasteiger partial charge in [-0.1, -0.05) is 11.6 Å². The highest BCUT2D eigenvalue weighted by Gasteiger charge is 2.23. The number of benzene rings is 1. The second kappa shape index (κ2) is 6.95. The highest BCUT2D eigenvalue weighted by molar-refractivity contribution is 6.30. The van der Waals surface area contributed by atoms with Gasteiger partial charge in [0.1, 0.15) is 5.75 Å². The van der Waals surface area contributed by atoms with Crippen molar-refractivity contribution in [3.8, 4) is 5.75 Å². The number of hydrogen-bond acceptors (Lipinski definition) is 3. The zero-order valence-corrected chi connectivity index (χ0v) is 12.6. The molecule has 0 radical (unpaired) electrons. The quantitative estimate of drug-likeness (QED) is 0.909. The van der Waals surface area contributed by atoms with E-state index in [0.717, 1.165) is 25.0 Å². The van der Waals surface area contributed by atoms with Crippen LogP contribution in [0.2, 0.25) is 5.02 Å². The maximum atomic E-state index is 11.8. The lowest BCUT2D eigenvalue weighted by Gasteiger charge is -2.20. The third-order valence-electron chi connectivity index (χ3n) is 3.41. The van der Waals surface area contributed by atoms with E-state index < -0.39 is 0 Å². The molecule has 0 aromatic heterocycles. The van der Waals surface area contributed by atoms with E-state index in [0.29, 0.717) is 10.8 Å². The molecule has 1 aromatic rings. The number of rotatable bonds is 5. The molecule has 1 aromatic carbocycles. The van der Waals surface area contributed by atoms with E-state index in [1.807, 2.05) is 19.9 Å². The van der Waals surface area contributed by atoms with Crippen LogP contribution in [0.1, 0.15) is 25.3 Å². The lowest BCUT2D eigenvalue weighted by atomic mass is 10.1. The summed E-state index contributed by atoms with van der Waals surface area (Å²) in [4.78, 5) is 11.8. The summed E-state index contributed by atoms with van der Waals surface area (Å²) in [6, 6.07) is 5.34. The number of nitrogens with one attached hydrogen (secondary N) is 1. The lowest BCUT2D eigenvalue weighted by Crippen LogP contribution is -2.42. The first-order chi connectivity index (χ1) is 9.56. The first-order valence-corrected chi connectivity index (χ1v) is 7.24. The maximum absolute atomic E-state index is 11.8. The lowest BCUT2D eigenvalue weighted by molar-refractivity contribution is -0.124. The van der Waals surface area contributed by atoms with Gasteiger partial charge < -0.3 is 14.8 Å². The van der Waals surface area contributed by atoms with Crippen molar-refractivity contribution in [2.75, 3.05) is 13.2 Å². The molecule has 0 bridgehead atoms. The summed E-state index contributed by atoms with van der Waals surface area (Å²) in [5.41, 5.74) is 0.914. The Bertz CT molecular complexity index is 472. The second-order valence-corrected chi connectivity index (χ2v) is 5.54. The van der Waals surface area contributed by atoms with Gasteiger partial charge in [0.05, 0.1) is 12.1 Å². The van der Waals surface area contributed by atoms with Crippen LogP contribution in [0, 0.1) is 6.92 Å². The van der Waals surface area contributed by atoms with Crippen molar-refractivity contribution in [1.29, 1.82) is 0 Å². The number of carbonyl (C=O) groups excluding carboxylic acids is 1. The van der Waals surface area contributed by atoms with Crippen molar-refractivity contribution in [3.63, 3.8) is 0 Å². The number of amides is 1. The Kier molecular flexibility index (Phi) is 5.26. The van der Waals surface area contributed by atoms with E-state index in [2.05, 4.69) is 5.32 Å². The Morgan fingerprint density at radius 2 is 2.40 bits per heavy atom. The van der Waals surface area contributed by atoms with Crippen molar-refractivity contribution in [1.82, 2.24) is 5.32 Å². The molecule has 0 saturated carbocycles. The first kappa shape index (κ1) is 15.1. The fourth-order valence-corrected chi connectivity index (χ4v) is 2.53. The maximum Gasteiger partial charge on any atom is 0.258 e. The number of aryl methyl sites for hydroxylation is 1. The molecular weight excluding hydrogens is 278 g/mol. The monoisotopic (exact) mass is 297 g/mol. The number of hydrogen-bond donors (Lipinski definition) is 1. The topological polar surface area (TPSA) is 47.6 Å². The molecular formula is C15H20ClNO3. The van der Waals surface area contributed by atoms with Crippen LogP contribution in [0.5, 0.6) is 5.75 Å². The van der Waals surface area contributed by atoms with Gasteiger partial charge in [-0.25, -0.2) is 0 Å². The Hall–Kier alpha value is -1.26. The molecule has 1 aliphatic rings. The van der Waals surface area contributed by atoms with Gasteiger partial charge in [0.2, 0.25) is 0 Å². The number of halogens is 1. The molecule has 2 atom stereocenters. The largest absolute Gasteiger partial charge is 0.484 e. The molecule has 0 aliphatic carbocycles. The average Bonchev–Trinajstić information content (AvgIpc) is 2.91. The van der Waals surface area contributed by atoms with Gasteiger partial charge in [0.25, 0.3) is 5.91 Å². The first-order valence-electron chi connectivity index (χ1n) is 6.86. The van der Waals surface area contributed by atoms with Crippen LogP contribution in [0.4, 0.5) is 0 Å². The third kappa shape index (κ3) is 4.12. The average molecular weight is 298 g/mol. The molecule has 2 rings (SSSR count). The minimum atomic E-state index is -0.137. The van der Waals surface area contributed by atoms with Gasteiger partial charge in [-0.3, -0.25) is 4.79 Å². The summed E-state index contributed by atoms with van der Waals surface area (Å²) in [6.07, 6.45) is 2.18. The van der Waals surface area contributed by atoms with Gasteiger partial charge in [-0.05, 0) is 50.5 Å². The minimum absolute atomic E-state index is 0.000464. The molecule has 1 aliphatic heterocycles. The van der Waals surface area contributed by atoms with Gasteiger partial charge in [0, 0.05) is 11.6 Å². The Labute approximate surface area is 124 Å². The zero-order valence-electron chi connectivity index (χ0n) is 11.8. The highest BCUT2D eigenvalue weighted by atomic mass is 35.5. The van der Waals surface area contributed by atoms with Crippen LogP contribution >= 0.6 is 11.6 Å². The van der Waals surface area contributed by atoms with E-state index in [9.17, 15) is 4.79 Å². The summed E-state index contributed by atoms with van der Waals surface area (Å²) in [7, 11) is 0. The minimum Gasteiger partial charge on any atom is -0.484 e. The van der Waals surface area contributed by atoms with E-state index in [1.54, 1.807) is 12.1 Å². The molecule has 4 nitrogen and oxygen atoms in total. The van der Waals surface area contributed by atoms with E-state index in [4.69, 9.17) is 21.1 Å². The highest BCUT2D eigenvalue weighted by Crippen LogP contribution is 2.21. The Morgan fingerprint density at radius 1 is 1.60 bits per heavy atom. The van der Waals surface area contributed by atoms with Gasteiger partial charge in [0.15, 0.2) is 6.61 Å². The number of carbonyl (C=O) groups is 1. The van der Waals surface area contributed by atoms with Crippen LogP contribution in [-0.2, 0) is 9.53 Å². The van der Waals surface area contributed by atoms with Crippen LogP contribution < -0.4 is 10.1 Å². The molecule has 1 fully saturated rings. The molecule has 1 saturated heterocycles. The summed E-state index contributed by atoms with van der Waals surface area (Å²) in [5, 5.41) is 3.57. The Morgan fingerprint density at radius 3 is 3.05 bits per heavy atom. The standard InChI is InChI=1S/C15H20ClNO3/c1-10-8-12(16)5-6-13(10)20-9-15(18)17-11(2)14-4-3-7-19-14/h5-6,8,11,14H,3-4,7,9H2,1-2H3,(H,17,18)/t11-,14+/m1/s1. The van der Waals surface area contributed by atoms with E-state index in [-0.39, 0.29) is 24.7 Å². The van der Waals surface area contributed by atoms with Crippen LogP contribution in [0.25, 0.3) is 0 Å². The molecule has 1 N–H and O–H groups in total. The zero-order chi connectivity index (χ0) is 14.5. The summed E-state index contributed by atoms with van der Waals surface area (Å²) in [5.74, 6) is 0.539. The van der Waals surface area contributed by atoms with Crippen molar-refractivity contribution in [2.24, 2.45) is 0 Å².